The van der Waals surface area contributed by atoms with Crippen LogP contribution in [0.15, 0.2) is 36.4 Å². The van der Waals surface area contributed by atoms with Crippen molar-refractivity contribution in [1.29, 1.82) is 0 Å². The molecule has 2 saturated carbocycles. The quantitative estimate of drug-likeness (QED) is 0.884. The van der Waals surface area contributed by atoms with Gasteiger partial charge in [-0.1, -0.05) is 48.9 Å². The van der Waals surface area contributed by atoms with Crippen molar-refractivity contribution in [2.75, 3.05) is 0 Å². The molecule has 2 heteroatoms. The molecule has 2 bridgehead atoms. The zero-order valence-electron chi connectivity index (χ0n) is 11.1. The number of allylic oxidation sites excluding steroid dienone is 1. The molecule has 1 aromatic carbocycles. The Morgan fingerprint density at radius 3 is 2.68 bits per heavy atom. The number of carboxylic acids is 1. The second-order valence-electron chi connectivity index (χ2n) is 6.06. The molecule has 2 aliphatic rings. The average molecular weight is 256 g/mol. The lowest BCUT2D eigenvalue weighted by Gasteiger charge is -2.32. The maximum Gasteiger partial charge on any atom is 0.310 e. The van der Waals surface area contributed by atoms with Crippen molar-refractivity contribution < 1.29 is 9.90 Å². The van der Waals surface area contributed by atoms with Crippen LogP contribution in [0.25, 0.3) is 6.08 Å². The lowest BCUT2D eigenvalue weighted by molar-refractivity contribution is -0.152. The van der Waals surface area contributed by atoms with Gasteiger partial charge in [0.1, 0.15) is 0 Å². The number of hydrogen-bond donors (Lipinski definition) is 1. The van der Waals surface area contributed by atoms with Gasteiger partial charge in [-0.2, -0.15) is 0 Å². The third-order valence-corrected chi connectivity index (χ3v) is 4.99. The van der Waals surface area contributed by atoms with Crippen molar-refractivity contribution in [2.45, 2.75) is 32.1 Å². The highest BCUT2D eigenvalue weighted by Crippen LogP contribution is 2.57. The predicted molar refractivity (Wildman–Crippen MR) is 75.6 cm³/mol. The number of carbonyl (C=O) groups is 1. The van der Waals surface area contributed by atoms with Crippen LogP contribution in [0.3, 0.4) is 0 Å². The maximum atomic E-state index is 11.7. The number of benzene rings is 1. The first-order chi connectivity index (χ1) is 9.21. The van der Waals surface area contributed by atoms with Crippen molar-refractivity contribution in [3.05, 3.63) is 42.0 Å². The molecule has 3 rings (SSSR count). The van der Waals surface area contributed by atoms with Gasteiger partial charge in [0, 0.05) is 0 Å². The van der Waals surface area contributed by atoms with E-state index in [-0.39, 0.29) is 0 Å². The van der Waals surface area contributed by atoms with Crippen molar-refractivity contribution in [3.8, 4) is 0 Å². The summed E-state index contributed by atoms with van der Waals surface area (Å²) in [5.41, 5.74) is 0.667. The van der Waals surface area contributed by atoms with Gasteiger partial charge in [0.15, 0.2) is 0 Å². The topological polar surface area (TPSA) is 37.3 Å². The van der Waals surface area contributed by atoms with Crippen molar-refractivity contribution in [1.82, 2.24) is 0 Å². The molecule has 2 nitrogen and oxygen atoms in total. The Balaban J connectivity index is 1.73. The molecule has 3 atom stereocenters. The molecule has 19 heavy (non-hydrogen) atoms. The van der Waals surface area contributed by atoms with Gasteiger partial charge in [-0.25, -0.2) is 0 Å². The largest absolute Gasteiger partial charge is 0.481 e. The molecule has 0 amide bonds. The predicted octanol–water partition coefficient (Wildman–Crippen LogP) is 3.98. The standard InChI is InChI=1S/C17H20O2/c18-16(19)17(12-14-8-9-15(17)11-14)10-4-7-13-5-2-1-3-6-13/h1-7,14-15H,8-12H2,(H,18,19). The zero-order valence-corrected chi connectivity index (χ0v) is 11.1. The fourth-order valence-electron chi connectivity index (χ4n) is 4.01. The molecule has 0 aromatic heterocycles. The molecule has 100 valence electrons. The Hall–Kier alpha value is -1.57. The minimum absolute atomic E-state index is 0.399. The molecule has 2 fully saturated rings. The highest BCUT2D eigenvalue weighted by atomic mass is 16.4. The highest BCUT2D eigenvalue weighted by molar-refractivity contribution is 5.76. The van der Waals surface area contributed by atoms with Gasteiger partial charge in [-0.05, 0) is 43.1 Å². The van der Waals surface area contributed by atoms with Gasteiger partial charge >= 0.3 is 5.97 Å². The van der Waals surface area contributed by atoms with E-state index in [9.17, 15) is 9.90 Å². The number of hydrogen-bond acceptors (Lipinski definition) is 1. The van der Waals surface area contributed by atoms with E-state index in [1.807, 2.05) is 30.3 Å². The van der Waals surface area contributed by atoms with E-state index in [0.29, 0.717) is 18.3 Å². The van der Waals surface area contributed by atoms with Crippen LogP contribution in [0.5, 0.6) is 0 Å². The fourth-order valence-corrected chi connectivity index (χ4v) is 4.01. The van der Waals surface area contributed by atoms with Gasteiger partial charge in [0.05, 0.1) is 5.41 Å². The van der Waals surface area contributed by atoms with E-state index in [4.69, 9.17) is 0 Å². The lowest BCUT2D eigenvalue weighted by Crippen LogP contribution is -2.35. The van der Waals surface area contributed by atoms with Crippen molar-refractivity contribution >= 4 is 12.0 Å². The summed E-state index contributed by atoms with van der Waals surface area (Å²) in [5.74, 6) is 0.471. The van der Waals surface area contributed by atoms with Gasteiger partial charge in [-0.3, -0.25) is 4.79 Å². The Bertz CT molecular complexity index is 491. The number of fused-ring (bicyclic) bond motifs is 2. The summed E-state index contributed by atoms with van der Waals surface area (Å²) in [6.07, 6.45) is 9.15. The van der Waals surface area contributed by atoms with Crippen LogP contribution in [0.4, 0.5) is 0 Å². The summed E-state index contributed by atoms with van der Waals surface area (Å²) < 4.78 is 0. The van der Waals surface area contributed by atoms with E-state index in [1.54, 1.807) is 0 Å². The van der Waals surface area contributed by atoms with Gasteiger partial charge in [-0.15, -0.1) is 0 Å². The molecule has 2 aliphatic carbocycles. The number of carboxylic acid groups (broad SMARTS) is 1. The fraction of sp³-hybridized carbons (Fsp3) is 0.471. The average Bonchev–Trinajstić information content (AvgIpc) is 3.01. The zero-order chi connectivity index (χ0) is 13.3. The lowest BCUT2D eigenvalue weighted by atomic mass is 9.71. The Morgan fingerprint density at radius 1 is 1.32 bits per heavy atom. The van der Waals surface area contributed by atoms with E-state index < -0.39 is 11.4 Å². The highest BCUT2D eigenvalue weighted by Gasteiger charge is 2.54. The smallest absolute Gasteiger partial charge is 0.310 e. The molecule has 0 heterocycles. The summed E-state index contributed by atoms with van der Waals surface area (Å²) in [4.78, 5) is 11.7. The van der Waals surface area contributed by atoms with Crippen molar-refractivity contribution in [2.24, 2.45) is 17.3 Å². The van der Waals surface area contributed by atoms with Gasteiger partial charge in [0.25, 0.3) is 0 Å². The first-order valence-electron chi connectivity index (χ1n) is 7.16. The van der Waals surface area contributed by atoms with Crippen LogP contribution in [-0.4, -0.2) is 11.1 Å². The van der Waals surface area contributed by atoms with Gasteiger partial charge < -0.3 is 5.11 Å². The molecule has 0 saturated heterocycles. The first kappa shape index (κ1) is 12.5. The summed E-state index contributed by atoms with van der Waals surface area (Å²) in [6.45, 7) is 0. The summed E-state index contributed by atoms with van der Waals surface area (Å²) in [5, 5.41) is 9.65. The third-order valence-electron chi connectivity index (χ3n) is 4.99. The van der Waals surface area contributed by atoms with Crippen LogP contribution in [-0.2, 0) is 4.79 Å². The Morgan fingerprint density at radius 2 is 2.11 bits per heavy atom. The normalized spacial score (nSPS) is 33.1. The molecule has 0 spiro atoms. The third kappa shape index (κ3) is 2.20. The van der Waals surface area contributed by atoms with Crippen LogP contribution in [0, 0.1) is 17.3 Å². The number of rotatable bonds is 4. The molecule has 0 aliphatic heterocycles. The van der Waals surface area contributed by atoms with E-state index in [0.717, 1.165) is 24.8 Å². The molecule has 0 radical (unpaired) electrons. The van der Waals surface area contributed by atoms with Crippen LogP contribution >= 0.6 is 0 Å². The van der Waals surface area contributed by atoms with Crippen LogP contribution in [0.2, 0.25) is 0 Å². The monoisotopic (exact) mass is 256 g/mol. The Kier molecular flexibility index (Phi) is 3.17. The Labute approximate surface area is 114 Å². The summed E-state index contributed by atoms with van der Waals surface area (Å²) >= 11 is 0. The minimum atomic E-state index is -0.586. The molecular formula is C17H20O2. The number of aliphatic carboxylic acids is 1. The summed E-state index contributed by atoms with van der Waals surface area (Å²) in [7, 11) is 0. The SMILES string of the molecule is O=C(O)C1(CC=Cc2ccccc2)CC2CCC1C2. The molecular weight excluding hydrogens is 236 g/mol. The van der Waals surface area contributed by atoms with E-state index in [2.05, 4.69) is 12.2 Å². The second-order valence-corrected chi connectivity index (χ2v) is 6.06. The van der Waals surface area contributed by atoms with E-state index >= 15 is 0 Å². The van der Waals surface area contributed by atoms with Gasteiger partial charge in [0.2, 0.25) is 0 Å². The van der Waals surface area contributed by atoms with Crippen LogP contribution in [0.1, 0.15) is 37.7 Å². The van der Waals surface area contributed by atoms with Crippen LogP contribution < -0.4 is 0 Å². The summed E-state index contributed by atoms with van der Waals surface area (Å²) in [6, 6.07) is 10.1. The minimum Gasteiger partial charge on any atom is -0.481 e. The van der Waals surface area contributed by atoms with Crippen molar-refractivity contribution in [3.63, 3.8) is 0 Å². The molecule has 3 unspecified atom stereocenters. The molecule has 1 N–H and O–H groups in total. The first-order valence-corrected chi connectivity index (χ1v) is 7.16. The second kappa shape index (κ2) is 4.84. The molecule has 1 aromatic rings. The van der Waals surface area contributed by atoms with E-state index in [1.165, 1.54) is 6.42 Å². The maximum absolute atomic E-state index is 11.7.